The maximum atomic E-state index is 10.0. The summed E-state index contributed by atoms with van der Waals surface area (Å²) in [6.45, 7) is 6.27. The first-order valence-electron chi connectivity index (χ1n) is 5.46. The molecule has 0 aliphatic carbocycles. The first-order valence-corrected chi connectivity index (χ1v) is 7.52. The van der Waals surface area contributed by atoms with Gasteiger partial charge in [-0.1, -0.05) is 13.0 Å². The Balaban J connectivity index is 0.000000366. The molecule has 0 unspecified atom stereocenters. The maximum absolute atomic E-state index is 10.0. The van der Waals surface area contributed by atoms with Gasteiger partial charge >= 0.3 is 0 Å². The van der Waals surface area contributed by atoms with Crippen molar-refractivity contribution in [3.63, 3.8) is 0 Å². The van der Waals surface area contributed by atoms with Crippen molar-refractivity contribution in [2.45, 2.75) is 20.8 Å². The van der Waals surface area contributed by atoms with Crippen molar-refractivity contribution in [2.24, 2.45) is 0 Å². The van der Waals surface area contributed by atoms with E-state index in [0.717, 1.165) is 17.0 Å². The van der Waals surface area contributed by atoms with E-state index >= 15 is 0 Å². The van der Waals surface area contributed by atoms with Gasteiger partial charge in [0.1, 0.15) is 15.6 Å². The average Bonchev–Trinajstić information content (AvgIpc) is 2.24. The number of ether oxygens (including phenoxy) is 1. The molecule has 0 heterocycles. The fourth-order valence-corrected chi connectivity index (χ4v) is 0.928. The van der Waals surface area contributed by atoms with Crippen LogP contribution in [0.2, 0.25) is 0 Å². The van der Waals surface area contributed by atoms with Crippen LogP contribution in [0, 0.1) is 6.92 Å². The minimum Gasteiger partial charge on any atom is -0.494 e. The zero-order chi connectivity index (χ0) is 13.5. The first kappa shape index (κ1) is 15.8. The quantitative estimate of drug-likeness (QED) is 0.843. The molecule has 0 aliphatic heterocycles. The molecule has 17 heavy (non-hydrogen) atoms. The van der Waals surface area contributed by atoms with Crippen molar-refractivity contribution in [3.8, 4) is 5.75 Å². The lowest BCUT2D eigenvalue weighted by Gasteiger charge is -2.06. The van der Waals surface area contributed by atoms with Gasteiger partial charge in [-0.2, -0.15) is 0 Å². The third-order valence-corrected chi connectivity index (χ3v) is 3.09. The molecule has 0 saturated carbocycles. The molecule has 0 aliphatic rings. The number of benzene rings is 1. The summed E-state index contributed by atoms with van der Waals surface area (Å²) in [5.41, 5.74) is 7.45. The van der Waals surface area contributed by atoms with Crippen LogP contribution < -0.4 is 10.5 Å². The predicted molar refractivity (Wildman–Crippen MR) is 72.1 cm³/mol. The summed E-state index contributed by atoms with van der Waals surface area (Å²) in [5, 5.41) is 0. The van der Waals surface area contributed by atoms with E-state index < -0.39 is 9.84 Å². The van der Waals surface area contributed by atoms with Gasteiger partial charge in [-0.3, -0.25) is 0 Å². The molecule has 0 radical (unpaired) electrons. The number of anilines is 1. The van der Waals surface area contributed by atoms with E-state index in [9.17, 15) is 8.42 Å². The van der Waals surface area contributed by atoms with Gasteiger partial charge in [-0.15, -0.1) is 0 Å². The topological polar surface area (TPSA) is 69.4 Å². The van der Waals surface area contributed by atoms with Crippen molar-refractivity contribution >= 4 is 15.5 Å². The summed E-state index contributed by atoms with van der Waals surface area (Å²) in [6.07, 6.45) is 1.22. The first-order chi connectivity index (χ1) is 7.80. The fourth-order valence-electron chi connectivity index (χ4n) is 0.928. The molecule has 0 atom stereocenters. The highest BCUT2D eigenvalue weighted by molar-refractivity contribution is 7.90. The van der Waals surface area contributed by atoms with Crippen molar-refractivity contribution in [1.82, 2.24) is 0 Å². The number of aryl methyl sites for hydroxylation is 1. The van der Waals surface area contributed by atoms with E-state index in [2.05, 4.69) is 0 Å². The van der Waals surface area contributed by atoms with Gasteiger partial charge in [0.15, 0.2) is 0 Å². The average molecular weight is 259 g/mol. The lowest BCUT2D eigenvalue weighted by molar-refractivity contribution is 0.338. The number of rotatable bonds is 3. The Bertz CT molecular complexity index is 441. The molecule has 2 N–H and O–H groups in total. The van der Waals surface area contributed by atoms with Gasteiger partial charge in [0, 0.05) is 23.8 Å². The molecule has 0 saturated heterocycles. The van der Waals surface area contributed by atoms with Crippen molar-refractivity contribution in [3.05, 3.63) is 23.8 Å². The summed E-state index contributed by atoms with van der Waals surface area (Å²) in [4.78, 5) is 0. The van der Waals surface area contributed by atoms with Crippen LogP contribution in [0.3, 0.4) is 0 Å². The predicted octanol–water partition coefficient (Wildman–Crippen LogP) is 2.03. The Morgan fingerprint density at radius 1 is 1.29 bits per heavy atom. The molecule has 0 fully saturated rings. The Labute approximate surface area is 104 Å². The second-order valence-corrected chi connectivity index (χ2v) is 6.10. The van der Waals surface area contributed by atoms with Gasteiger partial charge in [-0.25, -0.2) is 8.42 Å². The molecule has 1 aromatic carbocycles. The Morgan fingerprint density at radius 2 is 1.82 bits per heavy atom. The Hall–Kier alpha value is -1.23. The summed E-state index contributed by atoms with van der Waals surface area (Å²) >= 11 is 0. The van der Waals surface area contributed by atoms with Crippen LogP contribution in [-0.2, 0) is 9.84 Å². The summed E-state index contributed by atoms with van der Waals surface area (Å²) < 4.78 is 25.3. The fraction of sp³-hybridized carbons (Fsp3) is 0.500. The molecule has 0 amide bonds. The second-order valence-electron chi connectivity index (χ2n) is 3.67. The van der Waals surface area contributed by atoms with Crippen LogP contribution in [0.15, 0.2) is 18.2 Å². The third-order valence-electron chi connectivity index (χ3n) is 2.04. The zero-order valence-electron chi connectivity index (χ0n) is 10.9. The zero-order valence-corrected chi connectivity index (χ0v) is 11.7. The smallest absolute Gasteiger partial charge is 0.147 e. The molecule has 0 spiro atoms. The highest BCUT2D eigenvalue weighted by Gasteiger charge is 1.97. The highest BCUT2D eigenvalue weighted by atomic mass is 32.2. The molecule has 1 aromatic rings. The van der Waals surface area contributed by atoms with Gasteiger partial charge < -0.3 is 10.5 Å². The van der Waals surface area contributed by atoms with Crippen LogP contribution in [0.1, 0.15) is 19.4 Å². The number of hydrogen-bond donors (Lipinski definition) is 1. The SMILES string of the molecule is CCOc1cc(N)ccc1C.CCS(C)(=O)=O. The van der Waals surface area contributed by atoms with Crippen molar-refractivity contribution in [2.75, 3.05) is 24.3 Å². The number of nitrogens with two attached hydrogens (primary N) is 1. The standard InChI is InChI=1S/C9H13NO.C3H8O2S/c1-3-11-9-6-8(10)5-4-7(9)2;1-3-6(2,4)5/h4-6H,3,10H2,1-2H3;3H2,1-2H3. The van der Waals surface area contributed by atoms with E-state index in [4.69, 9.17) is 10.5 Å². The van der Waals surface area contributed by atoms with Crippen molar-refractivity contribution < 1.29 is 13.2 Å². The Morgan fingerprint density at radius 3 is 2.24 bits per heavy atom. The van der Waals surface area contributed by atoms with Gasteiger partial charge in [-0.05, 0) is 25.5 Å². The number of sulfone groups is 1. The van der Waals surface area contributed by atoms with E-state index in [1.807, 2.05) is 32.0 Å². The largest absolute Gasteiger partial charge is 0.494 e. The van der Waals surface area contributed by atoms with Crippen LogP contribution >= 0.6 is 0 Å². The number of nitrogen functional groups attached to an aromatic ring is 1. The summed E-state index contributed by atoms with van der Waals surface area (Å²) in [7, 11) is -2.66. The molecule has 0 bridgehead atoms. The molecule has 4 nitrogen and oxygen atoms in total. The van der Waals surface area contributed by atoms with Crippen LogP contribution in [0.4, 0.5) is 5.69 Å². The Kier molecular flexibility index (Phi) is 6.65. The van der Waals surface area contributed by atoms with E-state index in [-0.39, 0.29) is 5.75 Å². The minimum atomic E-state index is -2.66. The number of hydrogen-bond acceptors (Lipinski definition) is 4. The normalized spacial score (nSPS) is 10.4. The van der Waals surface area contributed by atoms with Crippen molar-refractivity contribution in [1.29, 1.82) is 0 Å². The van der Waals surface area contributed by atoms with E-state index in [0.29, 0.717) is 6.61 Å². The minimum absolute atomic E-state index is 0.243. The van der Waals surface area contributed by atoms with Gasteiger partial charge in [0.25, 0.3) is 0 Å². The molecular weight excluding hydrogens is 238 g/mol. The van der Waals surface area contributed by atoms with Gasteiger partial charge in [0.2, 0.25) is 0 Å². The van der Waals surface area contributed by atoms with Gasteiger partial charge in [0.05, 0.1) is 6.61 Å². The highest BCUT2D eigenvalue weighted by Crippen LogP contribution is 2.20. The van der Waals surface area contributed by atoms with Crippen LogP contribution in [0.25, 0.3) is 0 Å². The molecule has 0 aromatic heterocycles. The molecule has 5 heteroatoms. The summed E-state index contributed by atoms with van der Waals surface area (Å²) in [5.74, 6) is 1.12. The van der Waals surface area contributed by atoms with E-state index in [1.165, 1.54) is 6.26 Å². The maximum Gasteiger partial charge on any atom is 0.147 e. The monoisotopic (exact) mass is 259 g/mol. The lowest BCUT2D eigenvalue weighted by atomic mass is 10.2. The van der Waals surface area contributed by atoms with Crippen LogP contribution in [0.5, 0.6) is 5.75 Å². The summed E-state index contributed by atoms with van der Waals surface area (Å²) in [6, 6.07) is 5.68. The third kappa shape index (κ3) is 7.63. The molecule has 98 valence electrons. The van der Waals surface area contributed by atoms with E-state index in [1.54, 1.807) is 6.92 Å². The van der Waals surface area contributed by atoms with Crippen LogP contribution in [-0.4, -0.2) is 27.0 Å². The molecule has 1 rings (SSSR count). The molecular formula is C12H21NO3S. The lowest BCUT2D eigenvalue weighted by Crippen LogP contribution is -1.96. The second kappa shape index (κ2) is 7.17.